The van der Waals surface area contributed by atoms with Crippen LogP contribution in [0.5, 0.6) is 0 Å². The predicted octanol–water partition coefficient (Wildman–Crippen LogP) is 1.96. The number of aliphatic hydroxyl groups is 1. The molecular weight excluding hydrogens is 226 g/mol. The van der Waals surface area contributed by atoms with E-state index in [1.54, 1.807) is 26.1 Å². The monoisotopic (exact) mass is 243 g/mol. The van der Waals surface area contributed by atoms with Crippen molar-refractivity contribution >= 4 is 16.6 Å². The second kappa shape index (κ2) is 4.74. The Hall–Kier alpha value is -1.94. The van der Waals surface area contributed by atoms with Crippen LogP contribution >= 0.6 is 0 Å². The number of nitrogens with zero attached hydrogens (tertiary/aromatic N) is 2. The molecule has 0 radical (unpaired) electrons. The molecule has 4 heteroatoms. The van der Waals surface area contributed by atoms with Crippen LogP contribution in [0.2, 0.25) is 0 Å². The lowest BCUT2D eigenvalue weighted by molar-refractivity contribution is 0.133. The highest BCUT2D eigenvalue weighted by Crippen LogP contribution is 2.20. The molecule has 0 unspecified atom stereocenters. The van der Waals surface area contributed by atoms with E-state index in [0.29, 0.717) is 0 Å². The van der Waals surface area contributed by atoms with Crippen LogP contribution in [0.25, 0.3) is 16.6 Å². The Kier molecular flexibility index (Phi) is 3.30. The van der Waals surface area contributed by atoms with Crippen molar-refractivity contribution in [3.8, 4) is 0 Å². The smallest absolute Gasteiger partial charge is 0.116 e. The fourth-order valence-corrected chi connectivity index (χ4v) is 1.81. The Balaban J connectivity index is 2.49. The summed E-state index contributed by atoms with van der Waals surface area (Å²) in [5.74, 6) is 0. The second-order valence-corrected chi connectivity index (χ2v) is 4.76. The van der Waals surface area contributed by atoms with E-state index in [1.807, 2.05) is 25.2 Å². The molecule has 0 saturated heterocycles. The van der Waals surface area contributed by atoms with Crippen LogP contribution in [0.4, 0.5) is 0 Å². The van der Waals surface area contributed by atoms with Gasteiger partial charge in [0.1, 0.15) is 6.33 Å². The lowest BCUT2D eigenvalue weighted by Crippen LogP contribution is -2.18. The van der Waals surface area contributed by atoms with Crippen molar-refractivity contribution in [2.24, 2.45) is 0 Å². The minimum Gasteiger partial charge on any atom is -0.388 e. The van der Waals surface area contributed by atoms with Gasteiger partial charge in [-0.1, -0.05) is 6.07 Å². The first-order valence-electron chi connectivity index (χ1n) is 5.83. The molecule has 0 aliphatic carbocycles. The largest absolute Gasteiger partial charge is 0.388 e. The number of hydrogen-bond acceptors (Lipinski definition) is 4. The molecule has 0 spiro atoms. The first-order chi connectivity index (χ1) is 8.49. The van der Waals surface area contributed by atoms with Crippen molar-refractivity contribution in [1.29, 1.82) is 0 Å². The summed E-state index contributed by atoms with van der Waals surface area (Å²) in [5, 5.41) is 13.9. The highest BCUT2D eigenvalue weighted by Gasteiger charge is 2.11. The van der Waals surface area contributed by atoms with E-state index in [0.717, 1.165) is 22.2 Å². The molecule has 2 N–H and O–H groups in total. The highest BCUT2D eigenvalue weighted by atomic mass is 16.3. The highest BCUT2D eigenvalue weighted by molar-refractivity contribution is 5.82. The molecule has 0 bridgehead atoms. The number of rotatable bonds is 3. The van der Waals surface area contributed by atoms with E-state index in [2.05, 4.69) is 15.3 Å². The van der Waals surface area contributed by atoms with Crippen LogP contribution in [-0.4, -0.2) is 27.7 Å². The standard InChI is InChI=1S/C14H17N3O/c1-14(2,18)7-13(15-3)10-4-5-12-11(6-10)8-16-9-17-12/h4-9,15,18H,1-3H3. The molecule has 0 atom stereocenters. The summed E-state index contributed by atoms with van der Waals surface area (Å²) in [6.07, 6.45) is 5.11. The van der Waals surface area contributed by atoms with Gasteiger partial charge in [-0.25, -0.2) is 9.97 Å². The van der Waals surface area contributed by atoms with E-state index in [1.165, 1.54) is 6.33 Å². The van der Waals surface area contributed by atoms with Gasteiger partial charge in [-0.2, -0.15) is 0 Å². The maximum absolute atomic E-state index is 9.85. The van der Waals surface area contributed by atoms with Gasteiger partial charge < -0.3 is 10.4 Å². The summed E-state index contributed by atoms with van der Waals surface area (Å²) in [5.41, 5.74) is 1.93. The predicted molar refractivity (Wildman–Crippen MR) is 72.9 cm³/mol. The summed E-state index contributed by atoms with van der Waals surface area (Å²) in [6.45, 7) is 3.49. The summed E-state index contributed by atoms with van der Waals surface area (Å²) in [4.78, 5) is 8.20. The first kappa shape index (κ1) is 12.5. The molecular formula is C14H17N3O. The summed E-state index contributed by atoms with van der Waals surface area (Å²) in [7, 11) is 1.84. The van der Waals surface area contributed by atoms with Crippen molar-refractivity contribution in [3.05, 3.63) is 42.4 Å². The number of nitrogens with one attached hydrogen (secondary N) is 1. The molecule has 1 aromatic heterocycles. The molecule has 18 heavy (non-hydrogen) atoms. The average Bonchev–Trinajstić information content (AvgIpc) is 2.34. The first-order valence-corrected chi connectivity index (χ1v) is 5.83. The van der Waals surface area contributed by atoms with Gasteiger partial charge in [0.25, 0.3) is 0 Å². The zero-order valence-corrected chi connectivity index (χ0v) is 10.8. The molecule has 2 rings (SSSR count). The molecule has 2 aromatic rings. The third-order valence-electron chi connectivity index (χ3n) is 2.58. The molecule has 0 saturated carbocycles. The Morgan fingerprint density at radius 1 is 1.39 bits per heavy atom. The van der Waals surface area contributed by atoms with Crippen LogP contribution in [0.15, 0.2) is 36.8 Å². The molecule has 0 aliphatic heterocycles. The fraction of sp³-hybridized carbons (Fsp3) is 0.286. The zero-order valence-electron chi connectivity index (χ0n) is 10.8. The number of fused-ring (bicyclic) bond motifs is 1. The number of benzene rings is 1. The van der Waals surface area contributed by atoms with E-state index in [9.17, 15) is 5.11 Å². The van der Waals surface area contributed by atoms with Gasteiger partial charge in [-0.3, -0.25) is 0 Å². The van der Waals surface area contributed by atoms with Crippen LogP contribution in [-0.2, 0) is 0 Å². The van der Waals surface area contributed by atoms with E-state index >= 15 is 0 Å². The summed E-state index contributed by atoms with van der Waals surface area (Å²) < 4.78 is 0. The molecule has 94 valence electrons. The lowest BCUT2D eigenvalue weighted by Gasteiger charge is -2.16. The number of aromatic nitrogens is 2. The van der Waals surface area contributed by atoms with E-state index < -0.39 is 5.60 Å². The summed E-state index contributed by atoms with van der Waals surface area (Å²) in [6, 6.07) is 5.93. The minimum absolute atomic E-state index is 0.861. The van der Waals surface area contributed by atoms with Gasteiger partial charge >= 0.3 is 0 Å². The van der Waals surface area contributed by atoms with Crippen LogP contribution in [0.1, 0.15) is 19.4 Å². The van der Waals surface area contributed by atoms with Crippen molar-refractivity contribution in [3.63, 3.8) is 0 Å². The van der Waals surface area contributed by atoms with Crippen LogP contribution in [0, 0.1) is 0 Å². The van der Waals surface area contributed by atoms with Gasteiger partial charge in [-0.15, -0.1) is 0 Å². The SMILES string of the molecule is CNC(=CC(C)(C)O)c1ccc2ncncc2c1. The maximum Gasteiger partial charge on any atom is 0.116 e. The Morgan fingerprint density at radius 2 is 2.17 bits per heavy atom. The number of hydrogen-bond donors (Lipinski definition) is 2. The minimum atomic E-state index is -0.861. The van der Waals surface area contributed by atoms with Crippen molar-refractivity contribution in [2.75, 3.05) is 7.05 Å². The summed E-state index contributed by atoms with van der Waals surface area (Å²) >= 11 is 0. The topological polar surface area (TPSA) is 58.0 Å². The van der Waals surface area contributed by atoms with E-state index in [4.69, 9.17) is 0 Å². The third-order valence-corrected chi connectivity index (χ3v) is 2.58. The fourth-order valence-electron chi connectivity index (χ4n) is 1.81. The molecule has 4 nitrogen and oxygen atoms in total. The molecule has 1 heterocycles. The van der Waals surface area contributed by atoms with Gasteiger partial charge in [0.05, 0.1) is 11.1 Å². The lowest BCUT2D eigenvalue weighted by atomic mass is 10.0. The van der Waals surface area contributed by atoms with Gasteiger partial charge in [0, 0.05) is 24.3 Å². The van der Waals surface area contributed by atoms with Crippen molar-refractivity contribution in [2.45, 2.75) is 19.4 Å². The zero-order chi connectivity index (χ0) is 13.2. The molecule has 0 fully saturated rings. The Labute approximate surface area is 106 Å². The Morgan fingerprint density at radius 3 is 2.83 bits per heavy atom. The van der Waals surface area contributed by atoms with Crippen molar-refractivity contribution in [1.82, 2.24) is 15.3 Å². The quantitative estimate of drug-likeness (QED) is 0.865. The Bertz CT molecular complexity index is 585. The molecule has 1 aromatic carbocycles. The van der Waals surface area contributed by atoms with Gasteiger partial charge in [0.15, 0.2) is 0 Å². The normalized spacial score (nSPS) is 12.8. The van der Waals surface area contributed by atoms with Crippen LogP contribution in [0.3, 0.4) is 0 Å². The van der Waals surface area contributed by atoms with Crippen molar-refractivity contribution < 1.29 is 5.11 Å². The third kappa shape index (κ3) is 2.84. The van der Waals surface area contributed by atoms with Crippen LogP contribution < -0.4 is 5.32 Å². The van der Waals surface area contributed by atoms with Gasteiger partial charge in [-0.05, 0) is 37.6 Å². The molecule has 0 amide bonds. The van der Waals surface area contributed by atoms with E-state index in [-0.39, 0.29) is 0 Å². The second-order valence-electron chi connectivity index (χ2n) is 4.76. The molecule has 0 aliphatic rings. The van der Waals surface area contributed by atoms with Gasteiger partial charge in [0.2, 0.25) is 0 Å². The average molecular weight is 243 g/mol. The maximum atomic E-state index is 9.85.